The number of carbonyl (C=O) groups excluding carboxylic acids is 1. The van der Waals surface area contributed by atoms with Gasteiger partial charge in [0, 0.05) is 24.4 Å². The lowest BCUT2D eigenvalue weighted by Gasteiger charge is -2.08. The second kappa shape index (κ2) is 5.00. The van der Waals surface area contributed by atoms with Crippen LogP contribution >= 0.6 is 0 Å². The molecule has 5 nitrogen and oxygen atoms in total. The lowest BCUT2D eigenvalue weighted by atomic mass is 10.0. The third-order valence-corrected chi connectivity index (χ3v) is 3.59. The van der Waals surface area contributed by atoms with Crippen molar-refractivity contribution in [3.8, 4) is 5.75 Å². The summed E-state index contributed by atoms with van der Waals surface area (Å²) in [6, 6.07) is 3.40. The summed E-state index contributed by atoms with van der Waals surface area (Å²) < 4.78 is 6.87. The zero-order chi connectivity index (χ0) is 15.0. The molecule has 0 radical (unpaired) electrons. The van der Waals surface area contributed by atoms with Gasteiger partial charge in [0.15, 0.2) is 5.78 Å². The molecule has 2 aromatic rings. The van der Waals surface area contributed by atoms with E-state index in [0.29, 0.717) is 34.2 Å². The zero-order valence-corrected chi connectivity index (χ0v) is 12.0. The number of methoxy groups -OCH3 is 1. The molecule has 0 bridgehead atoms. The average molecular weight is 275 g/mol. The first-order valence-electron chi connectivity index (χ1n) is 6.36. The Morgan fingerprint density at radius 1 is 1.35 bits per heavy atom. The normalized spacial score (nSPS) is 10.8. The largest absolute Gasteiger partial charge is 0.495 e. The minimum absolute atomic E-state index is 0.0108. The smallest absolute Gasteiger partial charge is 0.352 e. The van der Waals surface area contributed by atoms with Crippen LogP contribution in [0.15, 0.2) is 12.1 Å². The molecule has 5 heteroatoms. The van der Waals surface area contributed by atoms with E-state index in [4.69, 9.17) is 4.74 Å². The summed E-state index contributed by atoms with van der Waals surface area (Å²) >= 11 is 0. The van der Waals surface area contributed by atoms with E-state index >= 15 is 0 Å². The summed E-state index contributed by atoms with van der Waals surface area (Å²) in [5.74, 6) is -0.466. The van der Waals surface area contributed by atoms with Gasteiger partial charge < -0.3 is 14.4 Å². The highest BCUT2D eigenvalue weighted by atomic mass is 16.5. The van der Waals surface area contributed by atoms with E-state index in [-0.39, 0.29) is 11.5 Å². The van der Waals surface area contributed by atoms with Crippen molar-refractivity contribution in [1.29, 1.82) is 0 Å². The molecule has 1 N–H and O–H groups in total. The maximum atomic E-state index is 12.1. The van der Waals surface area contributed by atoms with Crippen molar-refractivity contribution in [3.05, 3.63) is 29.0 Å². The van der Waals surface area contributed by atoms with Crippen LogP contribution in [0, 0.1) is 6.92 Å². The first kappa shape index (κ1) is 14.1. The third-order valence-electron chi connectivity index (χ3n) is 3.59. The van der Waals surface area contributed by atoms with Gasteiger partial charge in [-0.15, -0.1) is 0 Å². The van der Waals surface area contributed by atoms with Gasteiger partial charge in [0.2, 0.25) is 0 Å². The number of hydrogen-bond donors (Lipinski definition) is 1. The average Bonchev–Trinajstić information content (AvgIpc) is 2.69. The predicted molar refractivity (Wildman–Crippen MR) is 75.8 cm³/mol. The number of ketones is 1. The molecule has 1 aromatic carbocycles. The van der Waals surface area contributed by atoms with Crippen molar-refractivity contribution < 1.29 is 19.4 Å². The molecular formula is C15H17NO4. The van der Waals surface area contributed by atoms with Crippen LogP contribution in [-0.4, -0.2) is 28.5 Å². The highest BCUT2D eigenvalue weighted by Gasteiger charge is 2.23. The fourth-order valence-corrected chi connectivity index (χ4v) is 2.66. The van der Waals surface area contributed by atoms with Crippen LogP contribution in [0.1, 0.15) is 39.8 Å². The van der Waals surface area contributed by atoms with E-state index in [2.05, 4.69) is 0 Å². The van der Waals surface area contributed by atoms with Crippen LogP contribution in [-0.2, 0) is 7.05 Å². The molecule has 0 atom stereocenters. The second-order valence-electron chi connectivity index (χ2n) is 4.65. The SMILES string of the molecule is CCC(=O)c1ccc(OC)c2c1c(C)c(C(=O)O)n2C. The van der Waals surface area contributed by atoms with Crippen LogP contribution in [0.4, 0.5) is 0 Å². The number of nitrogens with zero attached hydrogens (tertiary/aromatic N) is 1. The molecule has 0 aliphatic carbocycles. The van der Waals surface area contributed by atoms with Gasteiger partial charge in [-0.25, -0.2) is 4.79 Å². The van der Waals surface area contributed by atoms with Crippen LogP contribution in [0.2, 0.25) is 0 Å². The van der Waals surface area contributed by atoms with Gasteiger partial charge in [-0.1, -0.05) is 6.92 Å². The van der Waals surface area contributed by atoms with Gasteiger partial charge >= 0.3 is 5.97 Å². The molecule has 0 unspecified atom stereocenters. The number of rotatable bonds is 4. The van der Waals surface area contributed by atoms with E-state index < -0.39 is 5.97 Å². The lowest BCUT2D eigenvalue weighted by Crippen LogP contribution is -2.05. The van der Waals surface area contributed by atoms with Crippen molar-refractivity contribution in [3.63, 3.8) is 0 Å². The molecule has 2 rings (SSSR count). The molecule has 1 aromatic heterocycles. The molecule has 0 saturated heterocycles. The first-order valence-corrected chi connectivity index (χ1v) is 6.36. The topological polar surface area (TPSA) is 68.5 Å². The monoisotopic (exact) mass is 275 g/mol. The quantitative estimate of drug-likeness (QED) is 0.871. The summed E-state index contributed by atoms with van der Waals surface area (Å²) in [5.41, 5.74) is 1.95. The van der Waals surface area contributed by atoms with Gasteiger partial charge in [0.05, 0.1) is 12.6 Å². The number of fused-ring (bicyclic) bond motifs is 1. The molecule has 20 heavy (non-hydrogen) atoms. The van der Waals surface area contributed by atoms with E-state index in [1.807, 2.05) is 0 Å². The van der Waals surface area contributed by atoms with Gasteiger partial charge in [-0.05, 0) is 24.6 Å². The lowest BCUT2D eigenvalue weighted by molar-refractivity contribution is 0.0686. The standard InChI is InChI=1S/C15H17NO4/c1-5-10(17)9-6-7-11(20-4)14-12(9)8(2)13(15(18)19)16(14)3/h6-7H,5H2,1-4H3,(H,18,19). The Morgan fingerprint density at radius 3 is 2.50 bits per heavy atom. The summed E-state index contributed by atoms with van der Waals surface area (Å²) in [4.78, 5) is 23.5. The van der Waals surface area contributed by atoms with Gasteiger partial charge in [0.25, 0.3) is 0 Å². The van der Waals surface area contributed by atoms with Crippen molar-refractivity contribution in [2.45, 2.75) is 20.3 Å². The Kier molecular flexibility index (Phi) is 3.53. The number of benzene rings is 1. The number of hydrogen-bond acceptors (Lipinski definition) is 3. The van der Waals surface area contributed by atoms with Crippen molar-refractivity contribution in [2.75, 3.05) is 7.11 Å². The molecule has 0 saturated carbocycles. The highest BCUT2D eigenvalue weighted by Crippen LogP contribution is 2.35. The maximum Gasteiger partial charge on any atom is 0.352 e. The maximum absolute atomic E-state index is 12.1. The summed E-state index contributed by atoms with van der Waals surface area (Å²) in [5, 5.41) is 10.0. The molecule has 0 aliphatic heterocycles. The molecule has 0 aliphatic rings. The van der Waals surface area contributed by atoms with Crippen LogP contribution in [0.5, 0.6) is 5.75 Å². The fraction of sp³-hybridized carbons (Fsp3) is 0.333. The molecule has 0 fully saturated rings. The second-order valence-corrected chi connectivity index (χ2v) is 4.65. The van der Waals surface area contributed by atoms with Crippen LogP contribution < -0.4 is 4.74 Å². The van der Waals surface area contributed by atoms with Gasteiger partial charge in [0.1, 0.15) is 11.4 Å². The van der Waals surface area contributed by atoms with Crippen LogP contribution in [0.3, 0.4) is 0 Å². The Hall–Kier alpha value is -2.30. The van der Waals surface area contributed by atoms with Gasteiger partial charge in [-0.2, -0.15) is 0 Å². The number of aromatic nitrogens is 1. The Labute approximate surface area is 116 Å². The van der Waals surface area contributed by atoms with Crippen molar-refractivity contribution in [2.24, 2.45) is 7.05 Å². The highest BCUT2D eigenvalue weighted by molar-refractivity contribution is 6.12. The van der Waals surface area contributed by atoms with E-state index in [9.17, 15) is 14.7 Å². The van der Waals surface area contributed by atoms with E-state index in [1.165, 1.54) is 7.11 Å². The van der Waals surface area contributed by atoms with E-state index in [1.54, 1.807) is 37.6 Å². The number of carboxylic acids is 1. The Bertz CT molecular complexity index is 712. The zero-order valence-electron chi connectivity index (χ0n) is 12.0. The minimum atomic E-state index is -1.02. The first-order chi connectivity index (χ1) is 9.43. The fourth-order valence-electron chi connectivity index (χ4n) is 2.66. The molecule has 0 amide bonds. The number of carboxylic acid groups (broad SMARTS) is 1. The number of aromatic carboxylic acids is 1. The minimum Gasteiger partial charge on any atom is -0.495 e. The Balaban J connectivity index is 2.98. The molecular weight excluding hydrogens is 258 g/mol. The predicted octanol–water partition coefficient (Wildman–Crippen LogP) is 2.79. The molecule has 106 valence electrons. The van der Waals surface area contributed by atoms with Crippen molar-refractivity contribution in [1.82, 2.24) is 4.57 Å². The number of carbonyl (C=O) groups is 2. The molecule has 1 heterocycles. The van der Waals surface area contributed by atoms with E-state index in [0.717, 1.165) is 0 Å². The number of Topliss-reactive ketones (excluding diaryl/α,β-unsaturated/α-hetero) is 1. The van der Waals surface area contributed by atoms with Crippen molar-refractivity contribution >= 4 is 22.7 Å². The summed E-state index contributed by atoms with van der Waals surface area (Å²) in [6.45, 7) is 3.51. The van der Waals surface area contributed by atoms with Crippen LogP contribution in [0.25, 0.3) is 10.9 Å². The Morgan fingerprint density at radius 2 is 2.00 bits per heavy atom. The number of aryl methyl sites for hydroxylation is 2. The summed E-state index contributed by atoms with van der Waals surface area (Å²) in [6.07, 6.45) is 0.373. The summed E-state index contributed by atoms with van der Waals surface area (Å²) in [7, 11) is 3.19. The van der Waals surface area contributed by atoms with Gasteiger partial charge in [-0.3, -0.25) is 4.79 Å². The number of ether oxygens (including phenoxy) is 1. The molecule has 0 spiro atoms. The third kappa shape index (κ3) is 1.86.